The van der Waals surface area contributed by atoms with Gasteiger partial charge in [0.05, 0.1) is 4.90 Å². The lowest BCUT2D eigenvalue weighted by Crippen LogP contribution is -2.38. The topological polar surface area (TPSA) is 29.5 Å². The summed E-state index contributed by atoms with van der Waals surface area (Å²) in [4.78, 5) is 1.13. The van der Waals surface area contributed by atoms with E-state index in [9.17, 15) is 5.11 Å². The Morgan fingerprint density at radius 2 is 1.53 bits per heavy atom. The zero-order chi connectivity index (χ0) is 22.3. The molecule has 172 valence electrons. The molecule has 1 aromatic rings. The maximum atomic E-state index is 10.1. The zero-order valence-corrected chi connectivity index (χ0v) is 21.5. The Balaban J connectivity index is 1.69. The van der Waals surface area contributed by atoms with Crippen molar-refractivity contribution in [2.75, 3.05) is 5.75 Å². The molecule has 3 atom stereocenters. The molecule has 1 unspecified atom stereocenters. The van der Waals surface area contributed by atoms with E-state index in [1.165, 1.54) is 51.4 Å². The van der Waals surface area contributed by atoms with Gasteiger partial charge in [0.25, 0.3) is 0 Å². The summed E-state index contributed by atoms with van der Waals surface area (Å²) in [5, 5.41) is 10.1. The third kappa shape index (κ3) is 7.70. The van der Waals surface area contributed by atoms with Gasteiger partial charge in [0.1, 0.15) is 17.1 Å². The molecule has 0 aliphatic carbocycles. The molecular weight excluding hydrogens is 388 g/mol. The third-order valence-electron chi connectivity index (χ3n) is 6.79. The Kier molecular flexibility index (Phi) is 9.91. The van der Waals surface area contributed by atoms with E-state index < -0.39 is 0 Å². The van der Waals surface area contributed by atoms with Crippen molar-refractivity contribution in [1.82, 2.24) is 0 Å². The average molecular weight is 435 g/mol. The first-order valence-electron chi connectivity index (χ1n) is 12.3. The highest BCUT2D eigenvalue weighted by Gasteiger charge is 2.34. The van der Waals surface area contributed by atoms with Gasteiger partial charge in [-0.15, -0.1) is 11.8 Å². The summed E-state index contributed by atoms with van der Waals surface area (Å²) in [6.07, 6.45) is 11.9. The standard InChI is InChI=1S/C27H46O2S/c1-19(2)11-8-12-20(3)13-9-14-21(4)15-10-16-27(7)18-30-26-23(6)24(28)17-22(5)25(26)29-27/h17,19-21,28H,8-16,18H2,1-7H3/t20-,21-,27?/m1/s1. The van der Waals surface area contributed by atoms with Gasteiger partial charge in [0.2, 0.25) is 0 Å². The molecule has 3 heteroatoms. The average Bonchev–Trinajstić information content (AvgIpc) is 2.66. The van der Waals surface area contributed by atoms with Gasteiger partial charge in [-0.05, 0) is 63.0 Å². The predicted octanol–water partition coefficient (Wildman–Crippen LogP) is 8.69. The van der Waals surface area contributed by atoms with Crippen LogP contribution in [0.2, 0.25) is 0 Å². The normalized spacial score (nSPS) is 20.7. The molecule has 0 saturated carbocycles. The summed E-state index contributed by atoms with van der Waals surface area (Å²) >= 11 is 1.85. The second kappa shape index (κ2) is 11.7. The second-order valence-electron chi connectivity index (χ2n) is 10.7. The maximum absolute atomic E-state index is 10.1. The van der Waals surface area contributed by atoms with Crippen molar-refractivity contribution in [3.8, 4) is 11.5 Å². The fourth-order valence-electron chi connectivity index (χ4n) is 4.57. The molecule has 0 amide bonds. The molecule has 0 aromatic heterocycles. The van der Waals surface area contributed by atoms with Gasteiger partial charge in [-0.1, -0.05) is 72.6 Å². The Morgan fingerprint density at radius 1 is 0.967 bits per heavy atom. The number of rotatable bonds is 12. The first-order chi connectivity index (χ1) is 14.1. The largest absolute Gasteiger partial charge is 0.508 e. The molecule has 0 bridgehead atoms. The number of thioether (sulfide) groups is 1. The van der Waals surface area contributed by atoms with Crippen molar-refractivity contribution in [3.05, 3.63) is 17.2 Å². The van der Waals surface area contributed by atoms with Gasteiger partial charge in [0.15, 0.2) is 0 Å². The van der Waals surface area contributed by atoms with Crippen LogP contribution in [-0.4, -0.2) is 16.5 Å². The Bertz CT molecular complexity index is 669. The lowest BCUT2D eigenvalue weighted by atomic mass is 9.90. The van der Waals surface area contributed by atoms with Crippen molar-refractivity contribution >= 4 is 11.8 Å². The Morgan fingerprint density at radius 3 is 2.13 bits per heavy atom. The molecule has 0 saturated heterocycles. The minimum Gasteiger partial charge on any atom is -0.508 e. The number of hydrogen-bond donors (Lipinski definition) is 1. The molecule has 0 fully saturated rings. The summed E-state index contributed by atoms with van der Waals surface area (Å²) < 4.78 is 6.50. The highest BCUT2D eigenvalue weighted by Crippen LogP contribution is 2.47. The molecule has 1 aliphatic heterocycles. The number of hydrogen-bond acceptors (Lipinski definition) is 3. The van der Waals surface area contributed by atoms with Crippen molar-refractivity contribution in [2.24, 2.45) is 17.8 Å². The van der Waals surface area contributed by atoms with E-state index >= 15 is 0 Å². The second-order valence-corrected chi connectivity index (χ2v) is 11.7. The summed E-state index contributed by atoms with van der Waals surface area (Å²) in [7, 11) is 0. The SMILES string of the molecule is Cc1cc(O)c(C)c2c1OC(C)(CCC[C@H](C)CCC[C@H](C)CCCC(C)C)CS2. The number of ether oxygens (including phenoxy) is 1. The van der Waals surface area contributed by atoms with Crippen LogP contribution in [0.15, 0.2) is 11.0 Å². The zero-order valence-electron chi connectivity index (χ0n) is 20.6. The van der Waals surface area contributed by atoms with Crippen LogP contribution in [0.3, 0.4) is 0 Å². The van der Waals surface area contributed by atoms with Crippen molar-refractivity contribution in [3.63, 3.8) is 0 Å². The van der Waals surface area contributed by atoms with Gasteiger partial charge in [-0.3, -0.25) is 0 Å². The summed E-state index contributed by atoms with van der Waals surface area (Å²) in [5.41, 5.74) is 1.90. The monoisotopic (exact) mass is 434 g/mol. The maximum Gasteiger partial charge on any atom is 0.137 e. The van der Waals surface area contributed by atoms with Crippen molar-refractivity contribution < 1.29 is 9.84 Å². The quantitative estimate of drug-likeness (QED) is 0.357. The number of fused-ring (bicyclic) bond motifs is 1. The van der Waals surface area contributed by atoms with Crippen LogP contribution in [0.1, 0.15) is 104 Å². The first-order valence-corrected chi connectivity index (χ1v) is 13.2. The predicted molar refractivity (Wildman–Crippen MR) is 132 cm³/mol. The molecule has 2 nitrogen and oxygen atoms in total. The van der Waals surface area contributed by atoms with Gasteiger partial charge in [-0.2, -0.15) is 0 Å². The van der Waals surface area contributed by atoms with Crippen LogP contribution in [0.4, 0.5) is 0 Å². The van der Waals surface area contributed by atoms with Gasteiger partial charge < -0.3 is 9.84 Å². The molecular formula is C27H46O2S. The highest BCUT2D eigenvalue weighted by molar-refractivity contribution is 7.99. The molecule has 2 rings (SSSR count). The van der Waals surface area contributed by atoms with Crippen LogP contribution in [0.5, 0.6) is 11.5 Å². The lowest BCUT2D eigenvalue weighted by Gasteiger charge is -2.37. The summed E-state index contributed by atoms with van der Waals surface area (Å²) in [6, 6.07) is 1.84. The number of aryl methyl sites for hydroxylation is 1. The Labute approximate surface area is 190 Å². The summed E-state index contributed by atoms with van der Waals surface area (Å²) in [6.45, 7) is 15.8. The van der Waals surface area contributed by atoms with E-state index in [-0.39, 0.29) is 5.60 Å². The fraction of sp³-hybridized carbons (Fsp3) is 0.778. The van der Waals surface area contributed by atoms with Gasteiger partial charge in [0, 0.05) is 11.3 Å². The van der Waals surface area contributed by atoms with Crippen LogP contribution in [0, 0.1) is 31.6 Å². The van der Waals surface area contributed by atoms with E-state index in [4.69, 9.17) is 4.74 Å². The van der Waals surface area contributed by atoms with Gasteiger partial charge in [-0.25, -0.2) is 0 Å². The van der Waals surface area contributed by atoms with Crippen LogP contribution in [0.25, 0.3) is 0 Å². The lowest BCUT2D eigenvalue weighted by molar-refractivity contribution is 0.0905. The number of phenols is 1. The summed E-state index contributed by atoms with van der Waals surface area (Å²) in [5.74, 6) is 4.87. The van der Waals surface area contributed by atoms with E-state index in [2.05, 4.69) is 34.6 Å². The van der Waals surface area contributed by atoms with E-state index in [0.29, 0.717) is 5.75 Å². The fourth-order valence-corrected chi connectivity index (χ4v) is 5.88. The van der Waals surface area contributed by atoms with E-state index in [1.54, 1.807) is 0 Å². The van der Waals surface area contributed by atoms with Crippen LogP contribution >= 0.6 is 11.8 Å². The number of aromatic hydroxyl groups is 1. The molecule has 1 heterocycles. The molecule has 0 radical (unpaired) electrons. The van der Waals surface area contributed by atoms with Crippen molar-refractivity contribution in [2.45, 2.75) is 117 Å². The molecule has 30 heavy (non-hydrogen) atoms. The van der Waals surface area contributed by atoms with Crippen LogP contribution in [-0.2, 0) is 0 Å². The molecule has 1 aliphatic rings. The van der Waals surface area contributed by atoms with Gasteiger partial charge >= 0.3 is 0 Å². The minimum absolute atomic E-state index is 0.101. The molecule has 1 aromatic carbocycles. The first kappa shape index (κ1) is 25.4. The number of phenolic OH excluding ortho intramolecular Hbond substituents is 1. The van der Waals surface area contributed by atoms with Crippen molar-refractivity contribution in [1.29, 1.82) is 0 Å². The highest BCUT2D eigenvalue weighted by atomic mass is 32.2. The molecule has 0 spiro atoms. The molecule has 1 N–H and O–H groups in total. The smallest absolute Gasteiger partial charge is 0.137 e. The third-order valence-corrected chi connectivity index (χ3v) is 8.32. The van der Waals surface area contributed by atoms with E-state index in [0.717, 1.165) is 51.7 Å². The Hall–Kier alpha value is -0.830. The van der Waals surface area contributed by atoms with Crippen LogP contribution < -0.4 is 4.74 Å². The number of benzene rings is 1. The minimum atomic E-state index is -0.101. The van der Waals surface area contributed by atoms with E-state index in [1.807, 2.05) is 31.7 Å².